The summed E-state index contributed by atoms with van der Waals surface area (Å²) in [4.78, 5) is 12.6. The summed E-state index contributed by atoms with van der Waals surface area (Å²) in [7, 11) is 1.94. The van der Waals surface area contributed by atoms with E-state index in [0.717, 1.165) is 37.1 Å². The lowest BCUT2D eigenvalue weighted by Gasteiger charge is -2.21. The zero-order valence-electron chi connectivity index (χ0n) is 17.2. The van der Waals surface area contributed by atoms with Gasteiger partial charge in [0.25, 0.3) is 0 Å². The molecule has 0 unspecified atom stereocenters. The van der Waals surface area contributed by atoms with Gasteiger partial charge in [-0.1, -0.05) is 23.8 Å². The van der Waals surface area contributed by atoms with Crippen molar-refractivity contribution in [3.8, 4) is 0 Å². The van der Waals surface area contributed by atoms with Crippen molar-refractivity contribution >= 4 is 5.78 Å². The molecular weight excluding hydrogens is 336 g/mol. The summed E-state index contributed by atoms with van der Waals surface area (Å²) in [6, 6.07) is 10.5. The van der Waals surface area contributed by atoms with E-state index in [2.05, 4.69) is 32.0 Å². The molecule has 0 bridgehead atoms. The highest BCUT2D eigenvalue weighted by molar-refractivity contribution is 5.94. The molecule has 0 saturated heterocycles. The fourth-order valence-corrected chi connectivity index (χ4v) is 3.38. The van der Waals surface area contributed by atoms with Crippen molar-refractivity contribution in [2.45, 2.75) is 64.8 Å². The lowest BCUT2D eigenvalue weighted by Crippen LogP contribution is -2.40. The van der Waals surface area contributed by atoms with E-state index in [0.29, 0.717) is 12.8 Å². The van der Waals surface area contributed by atoms with E-state index in [-0.39, 0.29) is 12.4 Å². The molecule has 0 radical (unpaired) electrons. The molecule has 4 nitrogen and oxygen atoms in total. The van der Waals surface area contributed by atoms with Crippen molar-refractivity contribution in [3.05, 3.63) is 58.4 Å². The lowest BCUT2D eigenvalue weighted by molar-refractivity contribution is 0.0971. The zero-order valence-corrected chi connectivity index (χ0v) is 17.2. The number of benzene rings is 1. The smallest absolute Gasteiger partial charge is 0.179 e. The van der Waals surface area contributed by atoms with E-state index in [9.17, 15) is 9.90 Å². The van der Waals surface area contributed by atoms with Gasteiger partial charge >= 0.3 is 0 Å². The number of aliphatic hydroxyl groups is 1. The summed E-state index contributed by atoms with van der Waals surface area (Å²) in [5, 5.41) is 9.28. The highest BCUT2D eigenvalue weighted by Crippen LogP contribution is 2.18. The predicted molar refractivity (Wildman–Crippen MR) is 111 cm³/mol. The van der Waals surface area contributed by atoms with Crippen LogP contribution >= 0.6 is 0 Å². The van der Waals surface area contributed by atoms with Gasteiger partial charge in [0.15, 0.2) is 5.78 Å². The van der Waals surface area contributed by atoms with Crippen LogP contribution in [-0.2, 0) is 19.9 Å². The standard InChI is InChI=1S/C23H34N2O2/c1-17-9-10-18(2)19(15-17)7-5-6-8-22(27)21-12-11-20(25(21)4)13-14-23(3,24)16-26/h9-12,15,26H,5-8,13-14,16,24H2,1-4H3/t23-/m1/s1. The maximum atomic E-state index is 12.6. The molecule has 148 valence electrons. The minimum Gasteiger partial charge on any atom is -0.394 e. The molecule has 0 saturated carbocycles. The second-order valence-electron chi connectivity index (χ2n) is 8.14. The largest absolute Gasteiger partial charge is 0.394 e. The molecule has 0 aliphatic heterocycles. The molecule has 27 heavy (non-hydrogen) atoms. The number of aliphatic hydroxyl groups excluding tert-OH is 1. The van der Waals surface area contributed by atoms with Gasteiger partial charge in [0, 0.05) is 24.7 Å². The Bertz CT molecular complexity index is 775. The third-order valence-electron chi connectivity index (χ3n) is 5.43. The summed E-state index contributed by atoms with van der Waals surface area (Å²) in [5.41, 5.74) is 11.3. The van der Waals surface area contributed by atoms with Crippen LogP contribution in [0.1, 0.15) is 65.5 Å². The number of ketones is 1. The second-order valence-corrected chi connectivity index (χ2v) is 8.14. The average molecular weight is 371 g/mol. The number of unbranched alkanes of at least 4 members (excludes halogenated alkanes) is 1. The number of Topliss-reactive ketones (excluding diaryl/α,β-unsaturated/α-hetero) is 1. The first-order valence-corrected chi connectivity index (χ1v) is 9.87. The Hall–Kier alpha value is -1.91. The number of nitrogens with two attached hydrogens (primary N) is 1. The molecule has 2 rings (SSSR count). The first kappa shape index (κ1) is 21.4. The Balaban J connectivity index is 1.85. The van der Waals surface area contributed by atoms with Crippen molar-refractivity contribution in [1.29, 1.82) is 0 Å². The molecule has 1 heterocycles. The number of hydrogen-bond donors (Lipinski definition) is 2. The van der Waals surface area contributed by atoms with Gasteiger partial charge in [-0.15, -0.1) is 0 Å². The van der Waals surface area contributed by atoms with Crippen molar-refractivity contribution in [2.75, 3.05) is 6.61 Å². The van der Waals surface area contributed by atoms with Crippen LogP contribution in [0.3, 0.4) is 0 Å². The molecule has 2 aromatic rings. The minimum absolute atomic E-state index is 0.0381. The normalized spacial score (nSPS) is 13.6. The van der Waals surface area contributed by atoms with Crippen molar-refractivity contribution in [1.82, 2.24) is 4.57 Å². The summed E-state index contributed by atoms with van der Waals surface area (Å²) < 4.78 is 1.97. The molecule has 1 atom stereocenters. The van der Waals surface area contributed by atoms with Gasteiger partial charge in [0.05, 0.1) is 12.3 Å². The van der Waals surface area contributed by atoms with E-state index in [1.165, 1.54) is 16.7 Å². The Labute approximate surface area is 163 Å². The molecule has 0 aliphatic rings. The van der Waals surface area contributed by atoms with Crippen LogP contribution in [0.5, 0.6) is 0 Å². The maximum Gasteiger partial charge on any atom is 0.179 e. The topological polar surface area (TPSA) is 68.2 Å². The molecule has 0 spiro atoms. The van der Waals surface area contributed by atoms with Crippen LogP contribution in [0.4, 0.5) is 0 Å². The number of aromatic nitrogens is 1. The zero-order chi connectivity index (χ0) is 20.0. The second kappa shape index (κ2) is 9.34. The molecule has 1 aromatic carbocycles. The van der Waals surface area contributed by atoms with Crippen LogP contribution in [0, 0.1) is 13.8 Å². The fourth-order valence-electron chi connectivity index (χ4n) is 3.38. The van der Waals surface area contributed by atoms with Gasteiger partial charge in [-0.3, -0.25) is 4.79 Å². The molecule has 1 aromatic heterocycles. The van der Waals surface area contributed by atoms with Crippen molar-refractivity contribution < 1.29 is 9.90 Å². The van der Waals surface area contributed by atoms with Crippen molar-refractivity contribution in [3.63, 3.8) is 0 Å². The Morgan fingerprint density at radius 1 is 1.15 bits per heavy atom. The number of hydrogen-bond acceptors (Lipinski definition) is 3. The molecule has 3 N–H and O–H groups in total. The highest BCUT2D eigenvalue weighted by atomic mass is 16.3. The van der Waals surface area contributed by atoms with E-state index < -0.39 is 5.54 Å². The molecule has 0 amide bonds. The Morgan fingerprint density at radius 3 is 2.59 bits per heavy atom. The number of rotatable bonds is 10. The van der Waals surface area contributed by atoms with Crippen LogP contribution in [0.15, 0.2) is 30.3 Å². The minimum atomic E-state index is -0.581. The lowest BCUT2D eigenvalue weighted by atomic mass is 9.97. The van der Waals surface area contributed by atoms with Gasteiger partial charge in [-0.2, -0.15) is 0 Å². The predicted octanol–water partition coefficient (Wildman–Crippen LogP) is 3.88. The summed E-state index contributed by atoms with van der Waals surface area (Å²) >= 11 is 0. The van der Waals surface area contributed by atoms with E-state index >= 15 is 0 Å². The average Bonchev–Trinajstić information content (AvgIpc) is 3.00. The first-order valence-electron chi connectivity index (χ1n) is 9.87. The highest BCUT2D eigenvalue weighted by Gasteiger charge is 2.19. The molecule has 4 heteroatoms. The number of aryl methyl sites for hydroxylation is 4. The molecule has 0 aliphatic carbocycles. The van der Waals surface area contributed by atoms with Crippen molar-refractivity contribution in [2.24, 2.45) is 12.8 Å². The van der Waals surface area contributed by atoms with Gasteiger partial charge in [-0.25, -0.2) is 0 Å². The fraction of sp³-hybridized carbons (Fsp3) is 0.522. The number of carbonyl (C=O) groups is 1. The quantitative estimate of drug-likeness (QED) is 0.493. The van der Waals surface area contributed by atoms with E-state index in [4.69, 9.17) is 5.73 Å². The number of nitrogens with zero attached hydrogens (tertiary/aromatic N) is 1. The van der Waals surface area contributed by atoms with Gasteiger partial charge in [0.1, 0.15) is 0 Å². The van der Waals surface area contributed by atoms with Gasteiger partial charge < -0.3 is 15.4 Å². The van der Waals surface area contributed by atoms with Crippen LogP contribution < -0.4 is 5.73 Å². The molecule has 0 fully saturated rings. The monoisotopic (exact) mass is 370 g/mol. The Kier molecular flexibility index (Phi) is 7.40. The van der Waals surface area contributed by atoms with Crippen LogP contribution in [0.2, 0.25) is 0 Å². The van der Waals surface area contributed by atoms with Crippen LogP contribution in [-0.4, -0.2) is 27.6 Å². The van der Waals surface area contributed by atoms with Crippen LogP contribution in [0.25, 0.3) is 0 Å². The van der Waals surface area contributed by atoms with E-state index in [1.807, 2.05) is 30.7 Å². The first-order chi connectivity index (χ1) is 12.7. The third-order valence-corrected chi connectivity index (χ3v) is 5.43. The molecular formula is C23H34N2O2. The van der Waals surface area contributed by atoms with Gasteiger partial charge in [0.2, 0.25) is 0 Å². The summed E-state index contributed by atoms with van der Waals surface area (Å²) in [5.74, 6) is 0.197. The van der Waals surface area contributed by atoms with E-state index in [1.54, 1.807) is 0 Å². The maximum absolute atomic E-state index is 12.6. The summed E-state index contributed by atoms with van der Waals surface area (Å²) in [6.45, 7) is 6.07. The number of carbonyl (C=O) groups excluding carboxylic acids is 1. The SMILES string of the molecule is Cc1ccc(C)c(CCCCC(=O)c2ccc(CC[C@@](C)(N)CO)n2C)c1. The van der Waals surface area contributed by atoms with Gasteiger partial charge in [-0.05, 0) is 76.1 Å². The summed E-state index contributed by atoms with van der Waals surface area (Å²) in [6.07, 6.45) is 4.96. The Morgan fingerprint density at radius 2 is 1.89 bits per heavy atom. The third kappa shape index (κ3) is 6.05.